The molecule has 0 amide bonds. The van der Waals surface area contributed by atoms with Crippen molar-refractivity contribution in [3.63, 3.8) is 0 Å². The Hall–Kier alpha value is 0.370. The molecule has 48 valence electrons. The monoisotopic (exact) mass is 181 g/mol. The summed E-state index contributed by atoms with van der Waals surface area (Å²) in [6.07, 6.45) is -0.630. The van der Waals surface area contributed by atoms with E-state index in [-0.39, 0.29) is 5.92 Å². The molecule has 1 N–H and O–H groups in total. The summed E-state index contributed by atoms with van der Waals surface area (Å²) < 4.78 is 12.5. The van der Waals surface area contributed by atoms with Crippen molar-refractivity contribution < 1.29 is 4.39 Å². The normalized spacial score (nSPS) is 38.2. The summed E-state index contributed by atoms with van der Waals surface area (Å²) in [6, 6.07) is 0. The first kappa shape index (κ1) is 6.49. The van der Waals surface area contributed by atoms with Gasteiger partial charge >= 0.3 is 0 Å². The molecule has 1 aliphatic rings. The van der Waals surface area contributed by atoms with Gasteiger partial charge in [-0.3, -0.25) is 0 Å². The van der Waals surface area contributed by atoms with Crippen LogP contribution >= 0.6 is 15.9 Å². The molecular weight excluding hydrogens is 173 g/mol. The van der Waals surface area contributed by atoms with Crippen molar-refractivity contribution in [2.75, 3.05) is 18.4 Å². The highest BCUT2D eigenvalue weighted by Gasteiger charge is 2.24. The maximum Gasteiger partial charge on any atom is 0.117 e. The van der Waals surface area contributed by atoms with E-state index in [2.05, 4.69) is 21.2 Å². The smallest absolute Gasteiger partial charge is 0.117 e. The van der Waals surface area contributed by atoms with Gasteiger partial charge in [-0.1, -0.05) is 15.9 Å². The minimum Gasteiger partial charge on any atom is -0.313 e. The third-order valence-corrected chi connectivity index (χ3v) is 2.29. The molecule has 0 spiro atoms. The molecule has 1 heterocycles. The summed E-state index contributed by atoms with van der Waals surface area (Å²) >= 11 is 3.24. The fourth-order valence-corrected chi connectivity index (χ4v) is 1.49. The van der Waals surface area contributed by atoms with Crippen LogP contribution in [0.5, 0.6) is 0 Å². The Bertz CT molecular complexity index is 78.8. The molecule has 1 saturated heterocycles. The molecule has 0 radical (unpaired) electrons. The highest BCUT2D eigenvalue weighted by atomic mass is 79.9. The molecule has 0 bridgehead atoms. The maximum atomic E-state index is 12.5. The van der Waals surface area contributed by atoms with Gasteiger partial charge < -0.3 is 5.32 Å². The largest absolute Gasteiger partial charge is 0.313 e. The predicted molar refractivity (Wildman–Crippen MR) is 35.0 cm³/mol. The van der Waals surface area contributed by atoms with Gasteiger partial charge in [-0.05, 0) is 0 Å². The first-order valence-corrected chi connectivity index (χ1v) is 3.87. The second kappa shape index (κ2) is 2.78. The molecule has 2 atom stereocenters. The maximum absolute atomic E-state index is 12.5. The van der Waals surface area contributed by atoms with Crippen LogP contribution in [0.2, 0.25) is 0 Å². The molecule has 0 aromatic carbocycles. The lowest BCUT2D eigenvalue weighted by atomic mass is 10.1. The van der Waals surface area contributed by atoms with Crippen LogP contribution in [-0.4, -0.2) is 24.6 Å². The highest BCUT2D eigenvalue weighted by molar-refractivity contribution is 9.09. The number of nitrogens with one attached hydrogen (secondary N) is 1. The van der Waals surface area contributed by atoms with Crippen molar-refractivity contribution in [2.24, 2.45) is 5.92 Å². The average Bonchev–Trinajstić information content (AvgIpc) is 2.14. The molecule has 1 aliphatic heterocycles. The van der Waals surface area contributed by atoms with Gasteiger partial charge in [0.2, 0.25) is 0 Å². The van der Waals surface area contributed by atoms with E-state index >= 15 is 0 Å². The SMILES string of the molecule is FC1CNCC1CBr. The zero-order valence-electron chi connectivity index (χ0n) is 4.53. The molecule has 0 aromatic heterocycles. The first-order chi connectivity index (χ1) is 3.84. The summed E-state index contributed by atoms with van der Waals surface area (Å²) in [5.41, 5.74) is 0. The number of rotatable bonds is 1. The van der Waals surface area contributed by atoms with E-state index in [1.165, 1.54) is 0 Å². The number of hydrogen-bond donors (Lipinski definition) is 1. The van der Waals surface area contributed by atoms with Gasteiger partial charge in [-0.2, -0.15) is 0 Å². The third kappa shape index (κ3) is 1.20. The van der Waals surface area contributed by atoms with Crippen molar-refractivity contribution >= 4 is 15.9 Å². The van der Waals surface area contributed by atoms with Crippen LogP contribution in [0.15, 0.2) is 0 Å². The Morgan fingerprint density at radius 2 is 2.38 bits per heavy atom. The number of halogens is 2. The Kier molecular flexibility index (Phi) is 2.26. The fourth-order valence-electron chi connectivity index (χ4n) is 0.852. The van der Waals surface area contributed by atoms with Crippen molar-refractivity contribution in [2.45, 2.75) is 6.17 Å². The van der Waals surface area contributed by atoms with Crippen LogP contribution in [0.3, 0.4) is 0 Å². The Morgan fingerprint density at radius 1 is 1.62 bits per heavy atom. The topological polar surface area (TPSA) is 12.0 Å². The van der Waals surface area contributed by atoms with E-state index in [0.717, 1.165) is 11.9 Å². The molecule has 8 heavy (non-hydrogen) atoms. The van der Waals surface area contributed by atoms with Gasteiger partial charge in [0, 0.05) is 24.3 Å². The molecule has 0 aromatic rings. The van der Waals surface area contributed by atoms with Crippen LogP contribution in [0.4, 0.5) is 4.39 Å². The highest BCUT2D eigenvalue weighted by Crippen LogP contribution is 2.14. The number of hydrogen-bond acceptors (Lipinski definition) is 1. The van der Waals surface area contributed by atoms with Crippen LogP contribution in [0, 0.1) is 5.92 Å². The van der Waals surface area contributed by atoms with E-state index in [0.29, 0.717) is 6.54 Å². The molecule has 0 saturated carbocycles. The van der Waals surface area contributed by atoms with Gasteiger partial charge in [0.05, 0.1) is 0 Å². The molecular formula is C5H9BrFN. The van der Waals surface area contributed by atoms with Crippen molar-refractivity contribution in [3.8, 4) is 0 Å². The molecule has 2 unspecified atom stereocenters. The molecule has 1 rings (SSSR count). The number of alkyl halides is 2. The van der Waals surface area contributed by atoms with Crippen molar-refractivity contribution in [1.29, 1.82) is 0 Å². The average molecular weight is 182 g/mol. The summed E-state index contributed by atoms with van der Waals surface area (Å²) in [5.74, 6) is 0.204. The molecule has 3 heteroatoms. The Morgan fingerprint density at radius 3 is 2.62 bits per heavy atom. The van der Waals surface area contributed by atoms with Gasteiger partial charge in [-0.15, -0.1) is 0 Å². The lowest BCUT2D eigenvalue weighted by Gasteiger charge is -2.04. The summed E-state index contributed by atoms with van der Waals surface area (Å²) in [6.45, 7) is 1.36. The Balaban J connectivity index is 2.30. The van der Waals surface area contributed by atoms with Gasteiger partial charge in [-0.25, -0.2) is 4.39 Å². The van der Waals surface area contributed by atoms with Crippen LogP contribution in [-0.2, 0) is 0 Å². The lowest BCUT2D eigenvalue weighted by molar-refractivity contribution is 0.302. The summed E-state index contributed by atoms with van der Waals surface area (Å²) in [4.78, 5) is 0. The summed E-state index contributed by atoms with van der Waals surface area (Å²) in [7, 11) is 0. The van der Waals surface area contributed by atoms with Crippen LogP contribution < -0.4 is 5.32 Å². The molecule has 1 nitrogen and oxygen atoms in total. The second-order valence-corrected chi connectivity index (χ2v) is 2.74. The zero-order chi connectivity index (χ0) is 5.98. The zero-order valence-corrected chi connectivity index (χ0v) is 6.12. The first-order valence-electron chi connectivity index (χ1n) is 2.75. The van der Waals surface area contributed by atoms with Gasteiger partial charge in [0.1, 0.15) is 6.17 Å². The van der Waals surface area contributed by atoms with E-state index < -0.39 is 6.17 Å². The molecule has 0 aliphatic carbocycles. The Labute approximate surface area is 56.8 Å². The minimum absolute atomic E-state index is 0.204. The van der Waals surface area contributed by atoms with E-state index in [1.54, 1.807) is 0 Å². The van der Waals surface area contributed by atoms with Gasteiger partial charge in [0.25, 0.3) is 0 Å². The lowest BCUT2D eigenvalue weighted by Crippen LogP contribution is -2.13. The van der Waals surface area contributed by atoms with E-state index in [1.807, 2.05) is 0 Å². The van der Waals surface area contributed by atoms with Gasteiger partial charge in [0.15, 0.2) is 0 Å². The standard InChI is InChI=1S/C5H9BrFN/c6-1-4-2-8-3-5(4)7/h4-5,8H,1-3H2. The second-order valence-electron chi connectivity index (χ2n) is 2.09. The van der Waals surface area contributed by atoms with Crippen molar-refractivity contribution in [1.82, 2.24) is 5.32 Å². The third-order valence-electron chi connectivity index (χ3n) is 1.46. The van der Waals surface area contributed by atoms with Crippen molar-refractivity contribution in [3.05, 3.63) is 0 Å². The summed E-state index contributed by atoms with van der Waals surface area (Å²) in [5, 5.41) is 3.75. The quantitative estimate of drug-likeness (QED) is 0.595. The molecule has 1 fully saturated rings. The van der Waals surface area contributed by atoms with Crippen LogP contribution in [0.1, 0.15) is 0 Å². The van der Waals surface area contributed by atoms with E-state index in [4.69, 9.17) is 0 Å². The van der Waals surface area contributed by atoms with E-state index in [9.17, 15) is 4.39 Å². The van der Waals surface area contributed by atoms with Crippen LogP contribution in [0.25, 0.3) is 0 Å². The predicted octanol–water partition coefficient (Wildman–Crippen LogP) is 0.939. The fraction of sp³-hybridized carbons (Fsp3) is 1.00. The minimum atomic E-state index is -0.630.